The van der Waals surface area contributed by atoms with Crippen LogP contribution < -0.4 is 5.73 Å². The van der Waals surface area contributed by atoms with Crippen LogP contribution in [0.15, 0.2) is 18.2 Å². The normalized spacial score (nSPS) is 10.9. The van der Waals surface area contributed by atoms with Gasteiger partial charge in [0, 0.05) is 23.8 Å². The van der Waals surface area contributed by atoms with E-state index in [1.165, 1.54) is 0 Å². The Balaban J connectivity index is 2.67. The predicted octanol–water partition coefficient (Wildman–Crippen LogP) is 1.35. The van der Waals surface area contributed by atoms with Gasteiger partial charge in [-0.05, 0) is 24.7 Å². The maximum absolute atomic E-state index is 8.73. The van der Waals surface area contributed by atoms with Crippen LogP contribution in [-0.2, 0) is 6.54 Å². The number of nitrogens with zero attached hydrogens (tertiary/aromatic N) is 1. The number of aliphatic hydroxyl groups excluding tert-OH is 1. The molecule has 0 unspecified atom stereocenters. The van der Waals surface area contributed by atoms with Gasteiger partial charge in [0.05, 0.1) is 6.61 Å². The summed E-state index contributed by atoms with van der Waals surface area (Å²) in [5.41, 5.74) is 7.27. The minimum absolute atomic E-state index is 0.156. The molecular weight excluding hydrogens is 200 g/mol. The van der Waals surface area contributed by atoms with Crippen molar-refractivity contribution < 1.29 is 5.11 Å². The van der Waals surface area contributed by atoms with Crippen molar-refractivity contribution >= 4 is 17.3 Å². The summed E-state index contributed by atoms with van der Waals surface area (Å²) in [6, 6.07) is 5.48. The molecule has 14 heavy (non-hydrogen) atoms. The molecule has 0 heterocycles. The van der Waals surface area contributed by atoms with Crippen molar-refractivity contribution in [3.63, 3.8) is 0 Å². The molecule has 1 aromatic carbocycles. The summed E-state index contributed by atoms with van der Waals surface area (Å²) in [5, 5.41) is 9.41. The summed E-state index contributed by atoms with van der Waals surface area (Å²) in [4.78, 5) is 2.00. The van der Waals surface area contributed by atoms with Crippen molar-refractivity contribution in [1.29, 1.82) is 0 Å². The molecule has 3 N–H and O–H groups in total. The van der Waals surface area contributed by atoms with Crippen molar-refractivity contribution in [2.75, 3.05) is 25.9 Å². The molecule has 0 saturated carbocycles. The van der Waals surface area contributed by atoms with Gasteiger partial charge >= 0.3 is 0 Å². The zero-order valence-electron chi connectivity index (χ0n) is 8.20. The van der Waals surface area contributed by atoms with E-state index in [0.29, 0.717) is 17.3 Å². The average molecular weight is 215 g/mol. The molecule has 0 amide bonds. The summed E-state index contributed by atoms with van der Waals surface area (Å²) in [6.45, 7) is 1.52. The van der Waals surface area contributed by atoms with Crippen LogP contribution in [0.3, 0.4) is 0 Å². The second-order valence-electron chi connectivity index (χ2n) is 3.31. The Kier molecular flexibility index (Phi) is 4.20. The fourth-order valence-corrected chi connectivity index (χ4v) is 1.48. The molecule has 0 bridgehead atoms. The lowest BCUT2D eigenvalue weighted by Gasteiger charge is -2.16. The molecule has 0 aliphatic carbocycles. The highest BCUT2D eigenvalue weighted by Crippen LogP contribution is 2.20. The molecule has 0 aliphatic rings. The fourth-order valence-electron chi connectivity index (χ4n) is 1.23. The molecule has 0 spiro atoms. The van der Waals surface area contributed by atoms with Crippen LogP contribution in [0, 0.1) is 0 Å². The molecule has 0 radical (unpaired) electrons. The van der Waals surface area contributed by atoms with Gasteiger partial charge in [0.2, 0.25) is 0 Å². The number of hydrogen-bond acceptors (Lipinski definition) is 3. The number of halogens is 1. The molecule has 0 aromatic heterocycles. The number of anilines is 1. The summed E-state index contributed by atoms with van der Waals surface area (Å²) in [6.07, 6.45) is 0. The summed E-state index contributed by atoms with van der Waals surface area (Å²) >= 11 is 6.00. The van der Waals surface area contributed by atoms with Crippen molar-refractivity contribution in [3.05, 3.63) is 28.8 Å². The van der Waals surface area contributed by atoms with E-state index in [1.54, 1.807) is 6.07 Å². The molecular formula is C10H15ClN2O. The van der Waals surface area contributed by atoms with Gasteiger partial charge in [0.25, 0.3) is 0 Å². The van der Waals surface area contributed by atoms with Crippen molar-refractivity contribution in [2.24, 2.45) is 0 Å². The largest absolute Gasteiger partial charge is 0.399 e. The van der Waals surface area contributed by atoms with Gasteiger partial charge in [-0.3, -0.25) is 4.90 Å². The van der Waals surface area contributed by atoms with Gasteiger partial charge in [-0.15, -0.1) is 0 Å². The maximum Gasteiger partial charge on any atom is 0.0558 e. The Morgan fingerprint density at radius 2 is 2.21 bits per heavy atom. The van der Waals surface area contributed by atoms with Gasteiger partial charge in [-0.25, -0.2) is 0 Å². The Bertz CT molecular complexity index is 304. The van der Waals surface area contributed by atoms with E-state index < -0.39 is 0 Å². The van der Waals surface area contributed by atoms with Gasteiger partial charge in [-0.1, -0.05) is 17.7 Å². The Hall–Kier alpha value is -0.770. The highest BCUT2D eigenvalue weighted by molar-refractivity contribution is 6.31. The van der Waals surface area contributed by atoms with Gasteiger partial charge in [0.15, 0.2) is 0 Å². The van der Waals surface area contributed by atoms with Crippen molar-refractivity contribution in [3.8, 4) is 0 Å². The molecule has 3 nitrogen and oxygen atoms in total. The van der Waals surface area contributed by atoms with Crippen LogP contribution in [0.4, 0.5) is 5.69 Å². The second-order valence-corrected chi connectivity index (χ2v) is 3.72. The van der Waals surface area contributed by atoms with E-state index in [4.69, 9.17) is 22.4 Å². The SMILES string of the molecule is CN(CCO)Cc1ccc(N)cc1Cl. The van der Waals surface area contributed by atoms with E-state index in [2.05, 4.69) is 0 Å². The number of rotatable bonds is 4. The van der Waals surface area contributed by atoms with E-state index in [9.17, 15) is 0 Å². The average Bonchev–Trinajstić information content (AvgIpc) is 2.10. The minimum atomic E-state index is 0.156. The van der Waals surface area contributed by atoms with E-state index in [0.717, 1.165) is 12.1 Å². The van der Waals surface area contributed by atoms with Crippen LogP contribution in [0.1, 0.15) is 5.56 Å². The van der Waals surface area contributed by atoms with E-state index in [-0.39, 0.29) is 6.61 Å². The topological polar surface area (TPSA) is 49.5 Å². The number of aliphatic hydroxyl groups is 1. The van der Waals surface area contributed by atoms with E-state index >= 15 is 0 Å². The number of hydrogen-bond donors (Lipinski definition) is 2. The quantitative estimate of drug-likeness (QED) is 0.744. The van der Waals surface area contributed by atoms with Crippen LogP contribution >= 0.6 is 11.6 Å². The van der Waals surface area contributed by atoms with Gasteiger partial charge < -0.3 is 10.8 Å². The first-order valence-corrected chi connectivity index (χ1v) is 4.84. The summed E-state index contributed by atoms with van der Waals surface area (Å²) in [5.74, 6) is 0. The predicted molar refractivity (Wildman–Crippen MR) is 59.3 cm³/mol. The van der Waals surface area contributed by atoms with Gasteiger partial charge in [0.1, 0.15) is 0 Å². The standard InChI is InChI=1S/C10H15ClN2O/c1-13(4-5-14)7-8-2-3-9(12)6-10(8)11/h2-3,6,14H,4-5,7,12H2,1H3. The third-order valence-electron chi connectivity index (χ3n) is 2.00. The lowest BCUT2D eigenvalue weighted by atomic mass is 10.2. The Morgan fingerprint density at radius 3 is 2.79 bits per heavy atom. The third-order valence-corrected chi connectivity index (χ3v) is 2.35. The number of likely N-dealkylation sites (N-methyl/N-ethyl adjacent to an activating group) is 1. The minimum Gasteiger partial charge on any atom is -0.399 e. The fraction of sp³-hybridized carbons (Fsp3) is 0.400. The molecule has 0 saturated heterocycles. The molecule has 0 atom stereocenters. The smallest absolute Gasteiger partial charge is 0.0558 e. The molecule has 4 heteroatoms. The van der Waals surface area contributed by atoms with Crippen molar-refractivity contribution in [2.45, 2.75) is 6.54 Å². The Labute approximate surface area is 89.1 Å². The first-order chi connectivity index (χ1) is 6.63. The summed E-state index contributed by atoms with van der Waals surface area (Å²) < 4.78 is 0. The summed E-state index contributed by atoms with van der Waals surface area (Å²) in [7, 11) is 1.93. The highest BCUT2D eigenvalue weighted by Gasteiger charge is 2.03. The molecule has 78 valence electrons. The molecule has 1 rings (SSSR count). The zero-order valence-corrected chi connectivity index (χ0v) is 8.96. The van der Waals surface area contributed by atoms with Crippen LogP contribution in [0.5, 0.6) is 0 Å². The maximum atomic E-state index is 8.73. The molecule has 0 fully saturated rings. The monoisotopic (exact) mass is 214 g/mol. The lowest BCUT2D eigenvalue weighted by molar-refractivity contribution is 0.217. The molecule has 1 aromatic rings. The highest BCUT2D eigenvalue weighted by atomic mass is 35.5. The molecule has 0 aliphatic heterocycles. The van der Waals surface area contributed by atoms with Crippen LogP contribution in [-0.4, -0.2) is 30.2 Å². The number of benzene rings is 1. The zero-order chi connectivity index (χ0) is 10.6. The first kappa shape index (κ1) is 11.3. The number of nitrogen functional groups attached to an aromatic ring is 1. The van der Waals surface area contributed by atoms with E-state index in [1.807, 2.05) is 24.1 Å². The lowest BCUT2D eigenvalue weighted by Crippen LogP contribution is -2.21. The van der Waals surface area contributed by atoms with Gasteiger partial charge in [-0.2, -0.15) is 0 Å². The number of nitrogens with two attached hydrogens (primary N) is 1. The van der Waals surface area contributed by atoms with Crippen molar-refractivity contribution in [1.82, 2.24) is 4.90 Å². The first-order valence-electron chi connectivity index (χ1n) is 4.47. The van der Waals surface area contributed by atoms with Crippen LogP contribution in [0.2, 0.25) is 5.02 Å². The third kappa shape index (κ3) is 3.18. The van der Waals surface area contributed by atoms with Crippen LogP contribution in [0.25, 0.3) is 0 Å². The Morgan fingerprint density at radius 1 is 1.50 bits per heavy atom. The second kappa shape index (κ2) is 5.20.